The second-order valence-electron chi connectivity index (χ2n) is 6.33. The summed E-state index contributed by atoms with van der Waals surface area (Å²) in [6.45, 7) is 0.996. The number of carbonyl (C=O) groups excluding carboxylic acids is 1. The zero-order valence-corrected chi connectivity index (χ0v) is 14.5. The Bertz CT molecular complexity index is 639. The van der Waals surface area contributed by atoms with Crippen molar-refractivity contribution in [3.8, 4) is 5.75 Å². The van der Waals surface area contributed by atoms with Crippen LogP contribution in [0.3, 0.4) is 0 Å². The van der Waals surface area contributed by atoms with Crippen LogP contribution in [-0.2, 0) is 4.74 Å². The van der Waals surface area contributed by atoms with Gasteiger partial charge in [-0.2, -0.15) is 0 Å². The van der Waals surface area contributed by atoms with E-state index >= 15 is 0 Å². The fourth-order valence-electron chi connectivity index (χ4n) is 3.38. The Labute approximate surface area is 149 Å². The molecule has 0 unspecified atom stereocenters. The fraction of sp³-hybridized carbons (Fsp3) is 0.381. The van der Waals surface area contributed by atoms with Gasteiger partial charge in [0.2, 0.25) is 0 Å². The van der Waals surface area contributed by atoms with Gasteiger partial charge in [0, 0.05) is 11.7 Å². The smallest absolute Gasteiger partial charge is 0.432 e. The van der Waals surface area contributed by atoms with Crippen molar-refractivity contribution in [3.05, 3.63) is 60.7 Å². The van der Waals surface area contributed by atoms with Gasteiger partial charge in [-0.25, -0.2) is 4.79 Å². The van der Waals surface area contributed by atoms with Gasteiger partial charge in [0.1, 0.15) is 12.4 Å². The van der Waals surface area contributed by atoms with E-state index in [9.17, 15) is 4.79 Å². The number of carbonyl (C=O) groups is 1. The lowest BCUT2D eigenvalue weighted by atomic mass is 9.94. The fourth-order valence-corrected chi connectivity index (χ4v) is 3.38. The number of benzene rings is 2. The number of hydrogen-bond donors (Lipinski definition) is 0. The average molecular weight is 339 g/mol. The van der Waals surface area contributed by atoms with E-state index in [2.05, 4.69) is 29.2 Å². The van der Waals surface area contributed by atoms with Crippen LogP contribution in [0.25, 0.3) is 0 Å². The van der Waals surface area contributed by atoms with Crippen molar-refractivity contribution < 1.29 is 14.3 Å². The van der Waals surface area contributed by atoms with E-state index in [1.807, 2.05) is 24.3 Å². The normalized spacial score (nSPS) is 14.7. The lowest BCUT2D eigenvalue weighted by Crippen LogP contribution is -2.39. The van der Waals surface area contributed by atoms with Gasteiger partial charge in [0.25, 0.3) is 0 Å². The van der Waals surface area contributed by atoms with Crippen LogP contribution in [-0.4, -0.2) is 25.3 Å². The molecule has 0 amide bonds. The Kier molecular flexibility index (Phi) is 6.32. The lowest BCUT2D eigenvalue weighted by molar-refractivity contribution is 0.101. The van der Waals surface area contributed by atoms with Crippen molar-refractivity contribution in [2.75, 3.05) is 18.1 Å². The third-order valence-electron chi connectivity index (χ3n) is 4.60. The highest BCUT2D eigenvalue weighted by molar-refractivity contribution is 5.63. The van der Waals surface area contributed by atoms with Crippen LogP contribution in [0, 0.1) is 0 Å². The largest absolute Gasteiger partial charge is 0.513 e. The zero-order valence-electron chi connectivity index (χ0n) is 14.5. The molecule has 2 aromatic carbocycles. The zero-order chi connectivity index (χ0) is 17.3. The minimum absolute atomic E-state index is 0.317. The molecule has 4 nitrogen and oxygen atoms in total. The quantitative estimate of drug-likeness (QED) is 0.546. The maximum Gasteiger partial charge on any atom is 0.513 e. The van der Waals surface area contributed by atoms with Crippen molar-refractivity contribution in [1.29, 1.82) is 0 Å². The van der Waals surface area contributed by atoms with Crippen molar-refractivity contribution in [1.82, 2.24) is 0 Å². The summed E-state index contributed by atoms with van der Waals surface area (Å²) in [4.78, 5) is 14.2. The summed E-state index contributed by atoms with van der Waals surface area (Å²) in [6, 6.07) is 19.9. The van der Waals surface area contributed by atoms with Gasteiger partial charge < -0.3 is 14.4 Å². The van der Waals surface area contributed by atoms with Gasteiger partial charge in [-0.3, -0.25) is 0 Å². The number of rotatable bonds is 6. The highest BCUT2D eigenvalue weighted by atomic mass is 16.7. The molecule has 1 fully saturated rings. The lowest BCUT2D eigenvalue weighted by Gasteiger charge is -2.36. The van der Waals surface area contributed by atoms with E-state index in [-0.39, 0.29) is 0 Å². The molecule has 0 spiro atoms. The van der Waals surface area contributed by atoms with Gasteiger partial charge in [0.15, 0.2) is 0 Å². The van der Waals surface area contributed by atoms with E-state index in [4.69, 9.17) is 9.47 Å². The van der Waals surface area contributed by atoms with E-state index < -0.39 is 6.16 Å². The molecule has 1 saturated carbocycles. The number of hydrogen-bond acceptors (Lipinski definition) is 4. The second kappa shape index (κ2) is 9.11. The van der Waals surface area contributed by atoms with Gasteiger partial charge in [0.05, 0.1) is 6.54 Å². The molecule has 1 aliphatic carbocycles. The Morgan fingerprint density at radius 3 is 2.24 bits per heavy atom. The predicted octanol–water partition coefficient (Wildman–Crippen LogP) is 5.04. The predicted molar refractivity (Wildman–Crippen MR) is 99.1 cm³/mol. The van der Waals surface area contributed by atoms with Gasteiger partial charge in [-0.1, -0.05) is 55.7 Å². The van der Waals surface area contributed by atoms with Crippen LogP contribution in [0.15, 0.2) is 60.7 Å². The Balaban J connectivity index is 1.54. The molecule has 0 heterocycles. The Hall–Kier alpha value is -2.49. The molecule has 0 saturated heterocycles. The summed E-state index contributed by atoms with van der Waals surface area (Å²) in [5, 5.41) is 0. The Morgan fingerprint density at radius 1 is 0.920 bits per heavy atom. The maximum absolute atomic E-state index is 11.8. The van der Waals surface area contributed by atoms with E-state index in [1.54, 1.807) is 12.1 Å². The van der Waals surface area contributed by atoms with Crippen molar-refractivity contribution in [3.63, 3.8) is 0 Å². The van der Waals surface area contributed by atoms with Crippen LogP contribution in [0.1, 0.15) is 32.1 Å². The summed E-state index contributed by atoms with van der Waals surface area (Å²) < 4.78 is 10.5. The third kappa shape index (κ3) is 5.24. The number of anilines is 1. The summed E-state index contributed by atoms with van der Waals surface area (Å²) in [7, 11) is 0. The van der Waals surface area contributed by atoms with Gasteiger partial charge in [-0.15, -0.1) is 0 Å². The van der Waals surface area contributed by atoms with Crippen molar-refractivity contribution in [2.24, 2.45) is 0 Å². The molecule has 4 heteroatoms. The first-order chi connectivity index (χ1) is 12.3. The summed E-state index contributed by atoms with van der Waals surface area (Å²) in [5.41, 5.74) is 1.19. The van der Waals surface area contributed by atoms with Crippen LogP contribution < -0.4 is 9.64 Å². The van der Waals surface area contributed by atoms with Crippen LogP contribution in [0.2, 0.25) is 0 Å². The third-order valence-corrected chi connectivity index (χ3v) is 4.60. The number of para-hydroxylation sites is 2. The highest BCUT2D eigenvalue weighted by Crippen LogP contribution is 2.27. The molecule has 3 rings (SSSR count). The standard InChI is InChI=1S/C21H25NO3/c23-21(25-20-14-8-3-9-15-20)24-17-16-22(18-10-4-1-5-11-18)19-12-6-2-7-13-19/h1,3-5,8-11,14-15,19H,2,6-7,12-13,16-17H2. The Morgan fingerprint density at radius 2 is 1.56 bits per heavy atom. The summed E-state index contributed by atoms with van der Waals surface area (Å²) >= 11 is 0. The van der Waals surface area contributed by atoms with Crippen molar-refractivity contribution >= 4 is 11.8 Å². The minimum atomic E-state index is -0.650. The van der Waals surface area contributed by atoms with Crippen LogP contribution in [0.5, 0.6) is 5.75 Å². The molecule has 2 aromatic rings. The second-order valence-corrected chi connectivity index (χ2v) is 6.33. The highest BCUT2D eigenvalue weighted by Gasteiger charge is 2.21. The monoisotopic (exact) mass is 339 g/mol. The molecule has 0 aliphatic heterocycles. The maximum atomic E-state index is 11.8. The number of ether oxygens (including phenoxy) is 2. The molecular formula is C21H25NO3. The first kappa shape index (κ1) is 17.3. The van der Waals surface area contributed by atoms with E-state index in [1.165, 1.54) is 37.8 Å². The topological polar surface area (TPSA) is 38.8 Å². The molecule has 25 heavy (non-hydrogen) atoms. The van der Waals surface area contributed by atoms with Crippen LogP contribution >= 0.6 is 0 Å². The molecular weight excluding hydrogens is 314 g/mol. The SMILES string of the molecule is O=C(OCCN(c1ccccc1)C1CCCCC1)Oc1ccccc1. The molecule has 1 aliphatic rings. The average Bonchev–Trinajstić information content (AvgIpc) is 2.67. The number of nitrogens with zero attached hydrogens (tertiary/aromatic N) is 1. The molecule has 0 N–H and O–H groups in total. The molecule has 0 bridgehead atoms. The van der Waals surface area contributed by atoms with Crippen LogP contribution in [0.4, 0.5) is 10.5 Å². The molecule has 132 valence electrons. The van der Waals surface area contributed by atoms with E-state index in [0.29, 0.717) is 24.9 Å². The van der Waals surface area contributed by atoms with Gasteiger partial charge in [-0.05, 0) is 37.1 Å². The minimum Gasteiger partial charge on any atom is -0.432 e. The molecule has 0 atom stereocenters. The first-order valence-corrected chi connectivity index (χ1v) is 9.04. The summed E-state index contributed by atoms with van der Waals surface area (Å²) in [5.74, 6) is 0.500. The van der Waals surface area contributed by atoms with E-state index in [0.717, 1.165) is 0 Å². The molecule has 0 aromatic heterocycles. The van der Waals surface area contributed by atoms with Gasteiger partial charge >= 0.3 is 6.16 Å². The first-order valence-electron chi connectivity index (χ1n) is 9.04. The van der Waals surface area contributed by atoms with Crippen molar-refractivity contribution in [2.45, 2.75) is 38.1 Å². The summed E-state index contributed by atoms with van der Waals surface area (Å²) in [6.07, 6.45) is 5.60. The molecule has 0 radical (unpaired) electrons.